The molecule has 1 heterocycles. The molecule has 4 heteroatoms. The molecule has 0 aliphatic carbocycles. The van der Waals surface area contributed by atoms with Gasteiger partial charge in [-0.3, -0.25) is 4.98 Å². The molecule has 0 saturated heterocycles. The predicted octanol–water partition coefficient (Wildman–Crippen LogP) is -2.19. The fraction of sp³-hybridized carbons (Fsp3) is 0.444. The molecule has 13 heavy (non-hydrogen) atoms. The summed E-state index contributed by atoms with van der Waals surface area (Å²) >= 11 is 0. The summed E-state index contributed by atoms with van der Waals surface area (Å²) in [5, 5.41) is 10.1. The second-order valence-corrected chi connectivity index (χ2v) is 3.39. The van der Waals surface area contributed by atoms with Gasteiger partial charge in [0.1, 0.15) is 0 Å². The number of hydrogen-bond donors (Lipinski definition) is 1. The van der Waals surface area contributed by atoms with Gasteiger partial charge in [0, 0.05) is 18.1 Å². The predicted molar refractivity (Wildman–Crippen MR) is 48.4 cm³/mol. The van der Waals surface area contributed by atoms with Crippen molar-refractivity contribution >= 4 is 5.69 Å². The zero-order valence-electron chi connectivity index (χ0n) is 8.74. The molecule has 0 fully saturated rings. The van der Waals surface area contributed by atoms with Crippen LogP contribution in [0, 0.1) is 0 Å². The van der Waals surface area contributed by atoms with Crippen LogP contribution in [0.5, 0.6) is 0 Å². The molecule has 0 amide bonds. The van der Waals surface area contributed by atoms with E-state index in [1.807, 2.05) is 0 Å². The molecule has 0 aliphatic rings. The molecule has 0 spiro atoms. The third-order valence-corrected chi connectivity index (χ3v) is 0.706. The first-order valence-corrected chi connectivity index (χ1v) is 3.75. The summed E-state index contributed by atoms with van der Waals surface area (Å²) < 4.78 is 0. The number of nitrogen functional groups attached to an aromatic ring is 1. The van der Waals surface area contributed by atoms with Crippen LogP contribution < -0.4 is 40.4 Å². The average Bonchev–Trinajstić information content (AvgIpc) is 1.85. The van der Waals surface area contributed by atoms with Crippen molar-refractivity contribution in [3.8, 4) is 0 Å². The van der Waals surface area contributed by atoms with Crippen molar-refractivity contribution < 1.29 is 34.7 Å². The van der Waals surface area contributed by atoms with E-state index in [0.29, 0.717) is 0 Å². The maximum Gasteiger partial charge on any atom is 1.00 e. The minimum Gasteiger partial charge on any atom is -0.850 e. The third-order valence-electron chi connectivity index (χ3n) is 0.706. The third kappa shape index (κ3) is 18.7. The Bertz CT molecular complexity index is 203. The summed E-state index contributed by atoms with van der Waals surface area (Å²) in [4.78, 5) is 3.77. The Morgan fingerprint density at radius 2 is 1.54 bits per heavy atom. The van der Waals surface area contributed by atoms with E-state index in [9.17, 15) is 5.11 Å². The van der Waals surface area contributed by atoms with Gasteiger partial charge in [-0.2, -0.15) is 0 Å². The maximum absolute atomic E-state index is 10.1. The van der Waals surface area contributed by atoms with Crippen molar-refractivity contribution in [1.29, 1.82) is 0 Å². The maximum atomic E-state index is 10.1. The summed E-state index contributed by atoms with van der Waals surface area (Å²) in [6.45, 7) is 4.90. The topological polar surface area (TPSA) is 62.0 Å². The number of nitrogens with two attached hydrogens (primary N) is 1. The molecule has 0 bridgehead atoms. The molecule has 0 aromatic carbocycles. The van der Waals surface area contributed by atoms with Gasteiger partial charge in [-0.1, -0.05) is 20.8 Å². The van der Waals surface area contributed by atoms with Crippen LogP contribution in [-0.4, -0.2) is 10.6 Å². The Labute approximate surface area is 102 Å². The first kappa shape index (κ1) is 15.4. The van der Waals surface area contributed by atoms with Gasteiger partial charge in [0.15, 0.2) is 0 Å². The van der Waals surface area contributed by atoms with Crippen LogP contribution in [0.3, 0.4) is 0 Å². The van der Waals surface area contributed by atoms with Gasteiger partial charge >= 0.3 is 29.6 Å². The monoisotopic (exact) mass is 190 g/mol. The van der Waals surface area contributed by atoms with Crippen LogP contribution in [0.2, 0.25) is 0 Å². The number of hydrogen-bond acceptors (Lipinski definition) is 3. The molecule has 1 aromatic heterocycles. The van der Waals surface area contributed by atoms with Crippen LogP contribution in [0.15, 0.2) is 24.5 Å². The minimum absolute atomic E-state index is 0. The summed E-state index contributed by atoms with van der Waals surface area (Å²) in [5.41, 5.74) is 5.33. The molecular weight excluding hydrogens is 175 g/mol. The fourth-order valence-corrected chi connectivity index (χ4v) is 0.363. The summed E-state index contributed by atoms with van der Waals surface area (Å²) in [7, 11) is 0. The van der Waals surface area contributed by atoms with E-state index in [1.54, 1.807) is 45.3 Å². The average molecular weight is 190 g/mol. The van der Waals surface area contributed by atoms with E-state index in [-0.39, 0.29) is 29.6 Å². The van der Waals surface area contributed by atoms with Crippen LogP contribution in [0.4, 0.5) is 5.69 Å². The minimum atomic E-state index is -0.750. The van der Waals surface area contributed by atoms with Gasteiger partial charge in [-0.15, -0.1) is 5.60 Å². The van der Waals surface area contributed by atoms with Crippen molar-refractivity contribution in [2.75, 3.05) is 5.73 Å². The zero-order chi connectivity index (χ0) is 9.61. The van der Waals surface area contributed by atoms with Crippen LogP contribution in [0.1, 0.15) is 20.8 Å². The Morgan fingerprint density at radius 3 is 1.69 bits per heavy atom. The normalized spacial score (nSPS) is 9.23. The van der Waals surface area contributed by atoms with Gasteiger partial charge in [0.05, 0.1) is 0 Å². The van der Waals surface area contributed by atoms with Gasteiger partial charge in [-0.25, -0.2) is 0 Å². The molecular formula is C9H15N2NaO. The van der Waals surface area contributed by atoms with Gasteiger partial charge in [0.2, 0.25) is 0 Å². The number of nitrogens with zero attached hydrogens (tertiary/aromatic N) is 1. The summed E-state index contributed by atoms with van der Waals surface area (Å²) in [6.07, 6.45) is 3.32. The van der Waals surface area contributed by atoms with Gasteiger partial charge in [-0.05, 0) is 12.1 Å². The molecule has 0 atom stereocenters. The Kier molecular flexibility index (Phi) is 8.67. The summed E-state index contributed by atoms with van der Waals surface area (Å²) in [6, 6.07) is 3.50. The van der Waals surface area contributed by atoms with Crippen LogP contribution >= 0.6 is 0 Å². The molecule has 1 rings (SSSR count). The van der Waals surface area contributed by atoms with Crippen LogP contribution in [-0.2, 0) is 0 Å². The Hall–Kier alpha value is -0.0900. The van der Waals surface area contributed by atoms with Gasteiger partial charge < -0.3 is 10.8 Å². The van der Waals surface area contributed by atoms with E-state index in [2.05, 4.69) is 4.98 Å². The fourth-order valence-electron chi connectivity index (χ4n) is 0.363. The van der Waals surface area contributed by atoms with E-state index < -0.39 is 5.60 Å². The van der Waals surface area contributed by atoms with Crippen molar-refractivity contribution in [1.82, 2.24) is 4.98 Å². The number of pyridine rings is 1. The SMILES string of the molecule is CC(C)(C)[O-].Nc1ccncc1.[Na+]. The van der Waals surface area contributed by atoms with Gasteiger partial charge in [0.25, 0.3) is 0 Å². The van der Waals surface area contributed by atoms with E-state index in [1.165, 1.54) is 0 Å². The second-order valence-electron chi connectivity index (χ2n) is 3.39. The zero-order valence-corrected chi connectivity index (χ0v) is 10.7. The van der Waals surface area contributed by atoms with Crippen molar-refractivity contribution in [3.05, 3.63) is 24.5 Å². The van der Waals surface area contributed by atoms with E-state index in [0.717, 1.165) is 5.69 Å². The summed E-state index contributed by atoms with van der Waals surface area (Å²) in [5.74, 6) is 0. The number of rotatable bonds is 0. The molecule has 0 unspecified atom stereocenters. The molecule has 0 saturated carbocycles. The quantitative estimate of drug-likeness (QED) is 0.473. The molecule has 1 aromatic rings. The molecule has 3 nitrogen and oxygen atoms in total. The smallest absolute Gasteiger partial charge is 0.850 e. The molecule has 68 valence electrons. The van der Waals surface area contributed by atoms with E-state index in [4.69, 9.17) is 5.73 Å². The van der Waals surface area contributed by atoms with Crippen LogP contribution in [0.25, 0.3) is 0 Å². The largest absolute Gasteiger partial charge is 1.00 e. The first-order valence-electron chi connectivity index (χ1n) is 3.75. The van der Waals surface area contributed by atoms with E-state index >= 15 is 0 Å². The molecule has 0 radical (unpaired) electrons. The Morgan fingerprint density at radius 1 is 1.23 bits per heavy atom. The molecule has 0 aliphatic heterocycles. The number of anilines is 1. The molecule has 2 N–H and O–H groups in total. The first-order chi connectivity index (χ1) is 5.39. The number of aromatic nitrogens is 1. The van der Waals surface area contributed by atoms with Crippen molar-refractivity contribution in [2.24, 2.45) is 0 Å². The second kappa shape index (κ2) is 7.33. The standard InChI is InChI=1S/C5H6N2.C4H9O.Na/c6-5-1-3-7-4-2-5;1-4(2,3)5;/h1-4H,(H2,6,7);1-3H3;/q;-1;+1. The Balaban J connectivity index is 0. The van der Waals surface area contributed by atoms with Crippen molar-refractivity contribution in [3.63, 3.8) is 0 Å². The van der Waals surface area contributed by atoms with Crippen molar-refractivity contribution in [2.45, 2.75) is 26.4 Å².